The van der Waals surface area contributed by atoms with Gasteiger partial charge in [0.15, 0.2) is 5.82 Å². The molecule has 1 aliphatic heterocycles. The van der Waals surface area contributed by atoms with Gasteiger partial charge in [-0.2, -0.15) is 0 Å². The van der Waals surface area contributed by atoms with Crippen LogP contribution in [0, 0.1) is 5.82 Å². The second-order valence-corrected chi connectivity index (χ2v) is 9.78. The number of imidazole rings is 1. The van der Waals surface area contributed by atoms with Crippen LogP contribution >= 0.6 is 0 Å². The monoisotopic (exact) mass is 462 g/mol. The molecule has 1 aromatic heterocycles. The smallest absolute Gasteiger partial charge is 0.291 e. The molecule has 5 rings (SSSR count). The zero-order chi connectivity index (χ0) is 23.7. The summed E-state index contributed by atoms with van der Waals surface area (Å²) in [5.41, 5.74) is 0.728. The number of nitrogens with zero attached hydrogens (tertiary/aromatic N) is 3. The highest BCUT2D eigenvalue weighted by Gasteiger charge is 2.49. The van der Waals surface area contributed by atoms with Gasteiger partial charge in [-0.3, -0.25) is 9.59 Å². The molecule has 1 saturated carbocycles. The fourth-order valence-corrected chi connectivity index (χ4v) is 5.32. The van der Waals surface area contributed by atoms with Crippen LogP contribution in [0.1, 0.15) is 68.1 Å². The van der Waals surface area contributed by atoms with Gasteiger partial charge < -0.3 is 14.8 Å². The van der Waals surface area contributed by atoms with Gasteiger partial charge in [0.05, 0.1) is 24.1 Å². The average Bonchev–Trinajstić information content (AvgIpc) is 3.18. The molecule has 1 unspecified atom stereocenters. The van der Waals surface area contributed by atoms with E-state index in [4.69, 9.17) is 0 Å². The van der Waals surface area contributed by atoms with Crippen molar-refractivity contribution in [3.8, 4) is 0 Å². The van der Waals surface area contributed by atoms with Gasteiger partial charge in [-0.1, -0.05) is 62.4 Å². The van der Waals surface area contributed by atoms with Crippen molar-refractivity contribution in [1.29, 1.82) is 0 Å². The molecule has 1 aliphatic carbocycles. The van der Waals surface area contributed by atoms with Crippen LogP contribution in [-0.2, 0) is 17.9 Å². The SMILES string of the molecule is CC1(C(=O)NC2CCCCCCC2)Cn2c(nc3ccccc32)C(=O)N1Cc1ccccc1F. The third-order valence-electron chi connectivity index (χ3n) is 7.37. The number of para-hydroxylation sites is 2. The van der Waals surface area contributed by atoms with E-state index in [2.05, 4.69) is 10.3 Å². The quantitative estimate of drug-likeness (QED) is 0.605. The fraction of sp³-hybridized carbons (Fsp3) is 0.444. The Balaban J connectivity index is 1.52. The van der Waals surface area contributed by atoms with Crippen molar-refractivity contribution in [3.63, 3.8) is 0 Å². The number of hydrogen-bond donors (Lipinski definition) is 1. The Morgan fingerprint density at radius 3 is 2.50 bits per heavy atom. The van der Waals surface area contributed by atoms with Crippen LogP contribution in [0.3, 0.4) is 0 Å². The van der Waals surface area contributed by atoms with E-state index in [1.54, 1.807) is 25.1 Å². The second kappa shape index (κ2) is 9.20. The van der Waals surface area contributed by atoms with Crippen molar-refractivity contribution < 1.29 is 14.0 Å². The molecule has 0 spiro atoms. The molecule has 0 bridgehead atoms. The molecule has 178 valence electrons. The lowest BCUT2D eigenvalue weighted by molar-refractivity contribution is -0.134. The Morgan fingerprint density at radius 2 is 1.74 bits per heavy atom. The van der Waals surface area contributed by atoms with Crippen LogP contribution in [-0.4, -0.2) is 37.8 Å². The van der Waals surface area contributed by atoms with Gasteiger partial charge in [-0.25, -0.2) is 9.37 Å². The summed E-state index contributed by atoms with van der Waals surface area (Å²) >= 11 is 0. The molecule has 2 aromatic carbocycles. The summed E-state index contributed by atoms with van der Waals surface area (Å²) in [7, 11) is 0. The van der Waals surface area contributed by atoms with Crippen molar-refractivity contribution in [2.45, 2.75) is 76.5 Å². The maximum atomic E-state index is 14.6. The number of carbonyl (C=O) groups is 2. The minimum atomic E-state index is -1.18. The lowest BCUT2D eigenvalue weighted by Crippen LogP contribution is -2.64. The normalized spacial score (nSPS) is 21.7. The summed E-state index contributed by atoms with van der Waals surface area (Å²) in [6, 6.07) is 14.1. The minimum absolute atomic E-state index is 0.00327. The number of amides is 2. The maximum absolute atomic E-state index is 14.6. The molecule has 1 N–H and O–H groups in total. The van der Waals surface area contributed by atoms with E-state index < -0.39 is 11.4 Å². The topological polar surface area (TPSA) is 67.2 Å². The first kappa shape index (κ1) is 22.6. The predicted molar refractivity (Wildman–Crippen MR) is 129 cm³/mol. The fourth-order valence-electron chi connectivity index (χ4n) is 5.32. The molecule has 0 saturated heterocycles. The third kappa shape index (κ3) is 4.08. The standard InChI is InChI=1S/C27H31FN4O2/c1-27(26(34)29-20-12-5-3-2-4-6-13-20)18-31-23-16-10-9-15-22(23)30-24(31)25(33)32(27)17-19-11-7-8-14-21(19)28/h7-11,14-16,20H,2-6,12-13,17-18H2,1H3,(H,29,34). The van der Waals surface area contributed by atoms with E-state index in [0.717, 1.165) is 31.2 Å². The van der Waals surface area contributed by atoms with E-state index in [9.17, 15) is 14.0 Å². The number of rotatable bonds is 4. The van der Waals surface area contributed by atoms with E-state index in [1.165, 1.54) is 30.2 Å². The van der Waals surface area contributed by atoms with Crippen LogP contribution in [0.5, 0.6) is 0 Å². The molecular weight excluding hydrogens is 431 g/mol. The molecule has 1 atom stereocenters. The van der Waals surface area contributed by atoms with Gasteiger partial charge in [0.1, 0.15) is 11.4 Å². The molecule has 2 aliphatic rings. The molecule has 2 amide bonds. The molecule has 7 heteroatoms. The van der Waals surface area contributed by atoms with Crippen LogP contribution in [0.15, 0.2) is 48.5 Å². The largest absolute Gasteiger partial charge is 0.351 e. The summed E-state index contributed by atoms with van der Waals surface area (Å²) in [6.07, 6.45) is 7.70. The molecular formula is C27H31FN4O2. The Hall–Kier alpha value is -3.22. The van der Waals surface area contributed by atoms with Crippen molar-refractivity contribution in [2.24, 2.45) is 0 Å². The first-order valence-electron chi connectivity index (χ1n) is 12.3. The second-order valence-electron chi connectivity index (χ2n) is 9.78. The van der Waals surface area contributed by atoms with Gasteiger partial charge in [-0.05, 0) is 38.0 Å². The molecule has 1 fully saturated rings. The van der Waals surface area contributed by atoms with Crippen LogP contribution < -0.4 is 5.32 Å². The number of carbonyl (C=O) groups excluding carboxylic acids is 2. The van der Waals surface area contributed by atoms with E-state index in [0.29, 0.717) is 11.1 Å². The zero-order valence-electron chi connectivity index (χ0n) is 19.6. The summed E-state index contributed by atoms with van der Waals surface area (Å²) in [5.74, 6) is -0.655. The minimum Gasteiger partial charge on any atom is -0.351 e. The van der Waals surface area contributed by atoms with Crippen molar-refractivity contribution >= 4 is 22.8 Å². The predicted octanol–water partition coefficient (Wildman–Crippen LogP) is 4.82. The Kier molecular flexibility index (Phi) is 6.11. The Labute approximate surface area is 199 Å². The van der Waals surface area contributed by atoms with Gasteiger partial charge in [-0.15, -0.1) is 0 Å². The average molecular weight is 463 g/mol. The molecule has 0 radical (unpaired) electrons. The van der Waals surface area contributed by atoms with Crippen molar-refractivity contribution in [3.05, 3.63) is 65.7 Å². The Morgan fingerprint density at radius 1 is 1.06 bits per heavy atom. The maximum Gasteiger partial charge on any atom is 0.291 e. The van der Waals surface area contributed by atoms with Gasteiger partial charge in [0.2, 0.25) is 5.91 Å². The summed E-state index contributed by atoms with van der Waals surface area (Å²) < 4.78 is 16.4. The molecule has 2 heterocycles. The van der Waals surface area contributed by atoms with Crippen LogP contribution in [0.25, 0.3) is 11.0 Å². The number of nitrogens with one attached hydrogen (secondary N) is 1. The summed E-state index contributed by atoms with van der Waals surface area (Å²) in [6.45, 7) is 2.06. The number of aromatic nitrogens is 2. The van der Waals surface area contributed by atoms with Crippen molar-refractivity contribution in [2.75, 3.05) is 0 Å². The van der Waals surface area contributed by atoms with Gasteiger partial charge in [0.25, 0.3) is 5.91 Å². The highest BCUT2D eigenvalue weighted by Crippen LogP contribution is 2.32. The van der Waals surface area contributed by atoms with E-state index >= 15 is 0 Å². The molecule has 34 heavy (non-hydrogen) atoms. The highest BCUT2D eigenvalue weighted by atomic mass is 19.1. The highest BCUT2D eigenvalue weighted by molar-refractivity contribution is 6.01. The third-order valence-corrected chi connectivity index (χ3v) is 7.37. The first-order valence-corrected chi connectivity index (χ1v) is 12.3. The van der Waals surface area contributed by atoms with Crippen LogP contribution in [0.4, 0.5) is 4.39 Å². The first-order chi connectivity index (χ1) is 16.5. The lowest BCUT2D eigenvalue weighted by Gasteiger charge is -2.44. The van der Waals surface area contributed by atoms with Crippen LogP contribution in [0.2, 0.25) is 0 Å². The lowest BCUT2D eigenvalue weighted by atomic mass is 9.92. The van der Waals surface area contributed by atoms with Crippen molar-refractivity contribution in [1.82, 2.24) is 19.8 Å². The number of fused-ring (bicyclic) bond motifs is 3. The zero-order valence-corrected chi connectivity index (χ0v) is 19.6. The van der Waals surface area contributed by atoms with Gasteiger partial charge >= 0.3 is 0 Å². The Bertz CT molecular complexity index is 1210. The van der Waals surface area contributed by atoms with E-state index in [-0.39, 0.29) is 36.8 Å². The molecule has 6 nitrogen and oxygen atoms in total. The summed E-state index contributed by atoms with van der Waals surface area (Å²) in [5, 5.41) is 3.26. The number of hydrogen-bond acceptors (Lipinski definition) is 3. The summed E-state index contributed by atoms with van der Waals surface area (Å²) in [4.78, 5) is 33.7. The number of benzene rings is 2. The molecule has 3 aromatic rings. The number of halogens is 1. The van der Waals surface area contributed by atoms with Gasteiger partial charge in [0, 0.05) is 11.6 Å². The van der Waals surface area contributed by atoms with E-state index in [1.807, 2.05) is 28.8 Å².